The zero-order valence-corrected chi connectivity index (χ0v) is 16.4. The van der Waals surface area contributed by atoms with E-state index in [9.17, 15) is 4.79 Å². The first-order valence-corrected chi connectivity index (χ1v) is 9.36. The molecule has 0 spiro atoms. The zero-order valence-electron chi connectivity index (χ0n) is 14.3. The largest absolute Gasteiger partial charge is 0.344 e. The van der Waals surface area contributed by atoms with Gasteiger partial charge in [-0.3, -0.25) is 4.79 Å². The van der Waals surface area contributed by atoms with Gasteiger partial charge < -0.3 is 4.57 Å². The van der Waals surface area contributed by atoms with Gasteiger partial charge in [0.1, 0.15) is 0 Å². The van der Waals surface area contributed by atoms with Crippen molar-refractivity contribution in [3.05, 3.63) is 68.9 Å². The first-order chi connectivity index (χ1) is 12.1. The zero-order chi connectivity index (χ0) is 17.8. The number of amides is 1. The summed E-state index contributed by atoms with van der Waals surface area (Å²) >= 11 is 2.21. The Morgan fingerprint density at radius 1 is 1.20 bits per heavy atom. The highest BCUT2D eigenvalue weighted by Gasteiger charge is 2.11. The van der Waals surface area contributed by atoms with Crippen molar-refractivity contribution in [3.63, 3.8) is 0 Å². The summed E-state index contributed by atoms with van der Waals surface area (Å²) in [4.78, 5) is 12.2. The summed E-state index contributed by atoms with van der Waals surface area (Å²) < 4.78 is 3.40. The van der Waals surface area contributed by atoms with Gasteiger partial charge in [-0.25, -0.2) is 5.43 Å². The highest BCUT2D eigenvalue weighted by Crippen LogP contribution is 2.24. The predicted molar refractivity (Wildman–Crippen MR) is 111 cm³/mol. The number of halogens is 1. The van der Waals surface area contributed by atoms with Gasteiger partial charge in [-0.15, -0.1) is 0 Å². The van der Waals surface area contributed by atoms with E-state index in [1.165, 1.54) is 5.52 Å². The Morgan fingerprint density at radius 3 is 2.64 bits per heavy atom. The van der Waals surface area contributed by atoms with Gasteiger partial charge in [-0.2, -0.15) is 5.10 Å². The minimum absolute atomic E-state index is 0.206. The number of hydrogen-bond acceptors (Lipinski definition) is 2. The van der Waals surface area contributed by atoms with Gasteiger partial charge in [-0.1, -0.05) is 25.1 Å². The lowest BCUT2D eigenvalue weighted by atomic mass is 10.1. The average Bonchev–Trinajstić information content (AvgIpc) is 2.88. The van der Waals surface area contributed by atoms with Crippen LogP contribution in [0.25, 0.3) is 10.9 Å². The highest BCUT2D eigenvalue weighted by molar-refractivity contribution is 14.1. The predicted octanol–water partition coefficient (Wildman–Crippen LogP) is 4.73. The van der Waals surface area contributed by atoms with Crippen LogP contribution in [0.4, 0.5) is 0 Å². The highest BCUT2D eigenvalue weighted by atomic mass is 127. The van der Waals surface area contributed by atoms with E-state index in [0.717, 1.165) is 33.2 Å². The van der Waals surface area contributed by atoms with Gasteiger partial charge in [0.05, 0.1) is 6.21 Å². The molecule has 128 valence electrons. The van der Waals surface area contributed by atoms with E-state index >= 15 is 0 Å². The fourth-order valence-electron chi connectivity index (χ4n) is 2.95. The molecule has 5 heteroatoms. The van der Waals surface area contributed by atoms with Gasteiger partial charge in [0.15, 0.2) is 0 Å². The number of nitrogens with zero attached hydrogens (tertiary/aromatic N) is 2. The van der Waals surface area contributed by atoms with Gasteiger partial charge >= 0.3 is 0 Å². The van der Waals surface area contributed by atoms with Crippen LogP contribution in [-0.4, -0.2) is 16.7 Å². The Balaban J connectivity index is 1.85. The minimum Gasteiger partial charge on any atom is -0.344 e. The second-order valence-electron chi connectivity index (χ2n) is 5.87. The fourth-order valence-corrected chi connectivity index (χ4v) is 3.31. The van der Waals surface area contributed by atoms with Crippen molar-refractivity contribution in [2.75, 3.05) is 0 Å². The average molecular weight is 445 g/mol. The van der Waals surface area contributed by atoms with Gasteiger partial charge in [-0.05, 0) is 66.3 Å². The molecule has 0 aliphatic heterocycles. The molecule has 1 amide bonds. The summed E-state index contributed by atoms with van der Waals surface area (Å²) in [5.74, 6) is -0.206. The molecule has 4 nitrogen and oxygen atoms in total. The Hall–Kier alpha value is -2.15. The number of aromatic nitrogens is 1. The number of hydrogen-bond donors (Lipinski definition) is 1. The molecule has 0 aliphatic rings. The number of benzene rings is 2. The van der Waals surface area contributed by atoms with Crippen LogP contribution >= 0.6 is 22.6 Å². The van der Waals surface area contributed by atoms with Gasteiger partial charge in [0.25, 0.3) is 5.91 Å². The molecule has 0 atom stereocenters. The number of carbonyl (C=O) groups is 1. The maximum absolute atomic E-state index is 12.2. The third kappa shape index (κ3) is 3.76. The topological polar surface area (TPSA) is 46.4 Å². The lowest BCUT2D eigenvalue weighted by Gasteiger charge is -2.05. The van der Waals surface area contributed by atoms with Crippen molar-refractivity contribution >= 4 is 45.6 Å². The molecule has 0 saturated heterocycles. The van der Waals surface area contributed by atoms with Crippen LogP contribution < -0.4 is 5.43 Å². The van der Waals surface area contributed by atoms with E-state index in [4.69, 9.17) is 0 Å². The molecule has 2 aromatic carbocycles. The van der Waals surface area contributed by atoms with Gasteiger partial charge in [0.2, 0.25) is 0 Å². The Kier molecular flexibility index (Phi) is 5.53. The second kappa shape index (κ2) is 7.82. The van der Waals surface area contributed by atoms with Crippen molar-refractivity contribution in [2.24, 2.45) is 5.10 Å². The van der Waals surface area contributed by atoms with Crippen molar-refractivity contribution in [1.29, 1.82) is 0 Å². The van der Waals surface area contributed by atoms with E-state index in [-0.39, 0.29) is 5.91 Å². The van der Waals surface area contributed by atoms with Crippen LogP contribution in [0.3, 0.4) is 0 Å². The minimum atomic E-state index is -0.206. The van der Waals surface area contributed by atoms with Gasteiger partial charge in [0, 0.05) is 37.8 Å². The molecule has 1 heterocycles. The monoisotopic (exact) mass is 445 g/mol. The van der Waals surface area contributed by atoms with Crippen molar-refractivity contribution in [2.45, 2.75) is 26.8 Å². The van der Waals surface area contributed by atoms with Crippen LogP contribution in [0.2, 0.25) is 0 Å². The van der Waals surface area contributed by atoms with E-state index in [1.54, 1.807) is 18.3 Å². The Bertz CT molecular complexity index is 926. The molecule has 0 radical (unpaired) electrons. The van der Waals surface area contributed by atoms with E-state index < -0.39 is 0 Å². The number of rotatable bonds is 5. The molecule has 25 heavy (non-hydrogen) atoms. The molecule has 3 aromatic rings. The smallest absolute Gasteiger partial charge is 0.271 e. The van der Waals surface area contributed by atoms with Crippen LogP contribution in [-0.2, 0) is 6.54 Å². The number of hydrazone groups is 1. The maximum atomic E-state index is 12.2. The Morgan fingerprint density at radius 2 is 1.92 bits per heavy atom. The summed E-state index contributed by atoms with van der Waals surface area (Å²) in [6.45, 7) is 5.23. The van der Waals surface area contributed by atoms with Crippen molar-refractivity contribution in [1.82, 2.24) is 9.99 Å². The number of fused-ring (bicyclic) bond motifs is 1. The molecular formula is C20H20IN3O. The fraction of sp³-hybridized carbons (Fsp3) is 0.200. The summed E-state index contributed by atoms with van der Waals surface area (Å²) in [6, 6.07) is 15.7. The van der Waals surface area contributed by atoms with E-state index in [1.807, 2.05) is 24.3 Å². The molecule has 0 fully saturated rings. The molecule has 0 aliphatic carbocycles. The molecule has 1 N–H and O–H groups in total. The molecule has 1 aromatic heterocycles. The summed E-state index contributed by atoms with van der Waals surface area (Å²) in [5.41, 5.74) is 6.63. The third-order valence-electron chi connectivity index (χ3n) is 4.19. The SMILES string of the molecule is CCCn1c(C)c(/C=N\NC(=O)c2ccc(I)cc2)c2ccccc21. The lowest BCUT2D eigenvalue weighted by Crippen LogP contribution is -2.17. The first-order valence-electron chi connectivity index (χ1n) is 8.28. The van der Waals surface area contributed by atoms with Crippen LogP contribution in [0.1, 0.15) is 35.0 Å². The molecule has 0 unspecified atom stereocenters. The number of nitrogens with one attached hydrogen (secondary N) is 1. The summed E-state index contributed by atoms with van der Waals surface area (Å²) in [7, 11) is 0. The van der Waals surface area contributed by atoms with Crippen LogP contribution in [0.15, 0.2) is 53.6 Å². The maximum Gasteiger partial charge on any atom is 0.271 e. The quantitative estimate of drug-likeness (QED) is 0.345. The number of para-hydroxylation sites is 1. The third-order valence-corrected chi connectivity index (χ3v) is 4.91. The molecule has 0 bridgehead atoms. The van der Waals surface area contributed by atoms with Crippen molar-refractivity contribution < 1.29 is 4.79 Å². The molecular weight excluding hydrogens is 425 g/mol. The van der Waals surface area contributed by atoms with Crippen LogP contribution in [0, 0.1) is 10.5 Å². The van der Waals surface area contributed by atoms with Crippen LogP contribution in [0.5, 0.6) is 0 Å². The Labute approximate surface area is 161 Å². The number of carbonyl (C=O) groups excluding carboxylic acids is 1. The lowest BCUT2D eigenvalue weighted by molar-refractivity contribution is 0.0955. The number of aryl methyl sites for hydroxylation is 1. The van der Waals surface area contributed by atoms with E-state index in [0.29, 0.717) is 5.56 Å². The summed E-state index contributed by atoms with van der Waals surface area (Å²) in [5, 5.41) is 5.34. The van der Waals surface area contributed by atoms with E-state index in [2.05, 4.69) is 63.7 Å². The molecule has 0 saturated carbocycles. The second-order valence-corrected chi connectivity index (χ2v) is 7.12. The summed E-state index contributed by atoms with van der Waals surface area (Å²) in [6.07, 6.45) is 2.81. The first kappa shape index (κ1) is 17.7. The van der Waals surface area contributed by atoms with Crippen molar-refractivity contribution in [3.8, 4) is 0 Å². The molecule has 3 rings (SSSR count). The normalized spacial score (nSPS) is 11.3. The standard InChI is InChI=1S/C20H20IN3O/c1-3-12-24-14(2)18(17-6-4-5-7-19(17)24)13-22-23-20(25)15-8-10-16(21)11-9-15/h4-11,13H,3,12H2,1-2H3,(H,23,25)/b22-13-.